The number of carbonyl (C=O) groups excluding carboxylic acids is 1. The molecule has 0 saturated carbocycles. The highest BCUT2D eigenvalue weighted by Gasteiger charge is 2.30. The molecule has 4 aromatic rings. The minimum atomic E-state index is -0.234. The first-order valence-corrected chi connectivity index (χ1v) is 10.3. The Balaban J connectivity index is 1.46. The second kappa shape index (κ2) is 7.45. The number of aromatic nitrogens is 1. The lowest BCUT2D eigenvalue weighted by Gasteiger charge is -2.22. The Morgan fingerprint density at radius 1 is 1.00 bits per heavy atom. The third kappa shape index (κ3) is 3.28. The molecule has 4 heteroatoms. The average molecular weight is 398 g/mol. The van der Waals surface area contributed by atoms with Crippen molar-refractivity contribution in [1.29, 1.82) is 0 Å². The summed E-state index contributed by atoms with van der Waals surface area (Å²) in [7, 11) is 0. The van der Waals surface area contributed by atoms with Crippen molar-refractivity contribution in [2.24, 2.45) is 0 Å². The van der Waals surface area contributed by atoms with Gasteiger partial charge in [-0.3, -0.25) is 4.79 Å². The van der Waals surface area contributed by atoms with Crippen LogP contribution < -0.4 is 4.90 Å². The van der Waals surface area contributed by atoms with E-state index in [4.69, 9.17) is 0 Å². The number of anilines is 1. The van der Waals surface area contributed by atoms with Gasteiger partial charge in [0.2, 0.25) is 5.91 Å². The highest BCUT2D eigenvalue weighted by atomic mass is 19.1. The number of rotatable bonds is 4. The van der Waals surface area contributed by atoms with Crippen molar-refractivity contribution in [3.05, 3.63) is 102 Å². The van der Waals surface area contributed by atoms with E-state index in [1.54, 1.807) is 12.1 Å². The largest absolute Gasteiger partial charge is 0.343 e. The first-order valence-electron chi connectivity index (χ1n) is 10.3. The van der Waals surface area contributed by atoms with Crippen molar-refractivity contribution < 1.29 is 9.18 Å². The summed E-state index contributed by atoms with van der Waals surface area (Å²) in [5, 5.41) is 1.09. The minimum Gasteiger partial charge on any atom is -0.343 e. The molecule has 1 atom stereocenters. The quantitative estimate of drug-likeness (QED) is 0.455. The molecule has 1 aliphatic rings. The second-order valence-corrected chi connectivity index (χ2v) is 8.05. The molecule has 0 fully saturated rings. The Morgan fingerprint density at radius 3 is 2.57 bits per heavy atom. The van der Waals surface area contributed by atoms with E-state index in [9.17, 15) is 9.18 Å². The summed E-state index contributed by atoms with van der Waals surface area (Å²) in [5.74, 6) is -0.112. The first-order chi connectivity index (χ1) is 14.6. The highest BCUT2D eigenvalue weighted by molar-refractivity contribution is 5.99. The van der Waals surface area contributed by atoms with Crippen LogP contribution in [0.1, 0.15) is 23.6 Å². The zero-order chi connectivity index (χ0) is 20.7. The van der Waals surface area contributed by atoms with Crippen LogP contribution in [-0.4, -0.2) is 16.5 Å². The van der Waals surface area contributed by atoms with Crippen LogP contribution in [0.15, 0.2) is 79.0 Å². The van der Waals surface area contributed by atoms with Gasteiger partial charge in [-0.2, -0.15) is 0 Å². The van der Waals surface area contributed by atoms with Gasteiger partial charge in [0.15, 0.2) is 0 Å². The maximum Gasteiger partial charge on any atom is 0.231 e. The first kappa shape index (κ1) is 18.6. The number of carbonyl (C=O) groups is 1. The van der Waals surface area contributed by atoms with Crippen molar-refractivity contribution in [2.45, 2.75) is 32.4 Å². The summed E-state index contributed by atoms with van der Waals surface area (Å²) >= 11 is 0. The molecule has 0 N–H and O–H groups in total. The fraction of sp³-hybridized carbons (Fsp3) is 0.192. The third-order valence-corrected chi connectivity index (χ3v) is 5.95. The zero-order valence-corrected chi connectivity index (χ0v) is 16.9. The number of amides is 1. The Morgan fingerprint density at radius 2 is 1.73 bits per heavy atom. The molecule has 0 radical (unpaired) electrons. The predicted molar refractivity (Wildman–Crippen MR) is 118 cm³/mol. The minimum absolute atomic E-state index is 0.122. The molecule has 0 saturated heterocycles. The summed E-state index contributed by atoms with van der Waals surface area (Å²) in [6, 6.07) is 23.1. The summed E-state index contributed by atoms with van der Waals surface area (Å²) < 4.78 is 15.4. The van der Waals surface area contributed by atoms with Crippen molar-refractivity contribution >= 4 is 22.5 Å². The lowest BCUT2D eigenvalue weighted by Crippen LogP contribution is -2.36. The van der Waals surface area contributed by atoms with Crippen LogP contribution in [0.25, 0.3) is 10.9 Å². The number of nitrogens with zero attached hydrogens (tertiary/aromatic N) is 2. The Labute approximate surface area is 175 Å². The third-order valence-electron chi connectivity index (χ3n) is 5.95. The van der Waals surface area contributed by atoms with E-state index in [0.29, 0.717) is 13.0 Å². The molecular weight excluding hydrogens is 375 g/mol. The van der Waals surface area contributed by atoms with E-state index in [1.165, 1.54) is 17.7 Å². The number of hydrogen-bond donors (Lipinski definition) is 0. The van der Waals surface area contributed by atoms with E-state index >= 15 is 0 Å². The number of halogens is 1. The van der Waals surface area contributed by atoms with Gasteiger partial charge in [0.05, 0.1) is 6.42 Å². The smallest absolute Gasteiger partial charge is 0.231 e. The average Bonchev–Trinajstić information content (AvgIpc) is 3.26. The van der Waals surface area contributed by atoms with E-state index in [-0.39, 0.29) is 17.8 Å². The molecule has 0 bridgehead atoms. The molecule has 30 heavy (non-hydrogen) atoms. The summed E-state index contributed by atoms with van der Waals surface area (Å²) in [4.78, 5) is 15.3. The Kier molecular flexibility index (Phi) is 4.62. The van der Waals surface area contributed by atoms with Crippen LogP contribution in [0.2, 0.25) is 0 Å². The highest BCUT2D eigenvalue weighted by Crippen LogP contribution is 2.33. The molecule has 1 aliphatic heterocycles. The van der Waals surface area contributed by atoms with Gasteiger partial charge in [0.25, 0.3) is 0 Å². The Hall–Kier alpha value is -3.40. The van der Waals surface area contributed by atoms with E-state index in [0.717, 1.165) is 34.1 Å². The van der Waals surface area contributed by atoms with Gasteiger partial charge in [-0.25, -0.2) is 4.39 Å². The molecule has 3 nitrogen and oxygen atoms in total. The molecule has 1 aromatic heterocycles. The second-order valence-electron chi connectivity index (χ2n) is 8.05. The lowest BCUT2D eigenvalue weighted by molar-refractivity contribution is -0.118. The van der Waals surface area contributed by atoms with E-state index in [2.05, 4.69) is 35.9 Å². The van der Waals surface area contributed by atoms with Gasteiger partial charge >= 0.3 is 0 Å². The maximum absolute atomic E-state index is 13.3. The fourth-order valence-corrected chi connectivity index (χ4v) is 4.57. The standard InChI is InChI=1S/C26H23FN2O/c1-18-14-20-6-2-4-8-24(20)29(18)26(30)15-21-17-28(25-9-5-3-7-23(21)25)16-19-10-12-22(27)13-11-19/h2-13,17-18H,14-16H2,1H3/t18-/m0/s1. The maximum atomic E-state index is 13.3. The fourth-order valence-electron chi connectivity index (χ4n) is 4.57. The number of benzene rings is 3. The van der Waals surface area contributed by atoms with Gasteiger partial charge in [0, 0.05) is 35.4 Å². The molecule has 0 spiro atoms. The summed E-state index contributed by atoms with van der Waals surface area (Å²) in [6.07, 6.45) is 3.32. The zero-order valence-electron chi connectivity index (χ0n) is 16.9. The normalized spacial score (nSPS) is 15.5. The molecule has 0 aliphatic carbocycles. The molecule has 2 heterocycles. The molecule has 3 aromatic carbocycles. The van der Waals surface area contributed by atoms with Crippen LogP contribution in [0.4, 0.5) is 10.1 Å². The van der Waals surface area contributed by atoms with E-state index in [1.807, 2.05) is 35.2 Å². The monoisotopic (exact) mass is 398 g/mol. The molecule has 5 rings (SSSR count). The van der Waals surface area contributed by atoms with Crippen LogP contribution in [0.5, 0.6) is 0 Å². The summed E-state index contributed by atoms with van der Waals surface area (Å²) in [6.45, 7) is 2.74. The summed E-state index contributed by atoms with van der Waals surface area (Å²) in [5.41, 5.74) is 5.40. The SMILES string of the molecule is C[C@H]1Cc2ccccc2N1C(=O)Cc1cn(Cc2ccc(F)cc2)c2ccccc12. The van der Waals surface area contributed by atoms with Crippen LogP contribution in [0, 0.1) is 5.82 Å². The van der Waals surface area contributed by atoms with Crippen molar-refractivity contribution in [3.63, 3.8) is 0 Å². The van der Waals surface area contributed by atoms with Crippen molar-refractivity contribution in [1.82, 2.24) is 4.57 Å². The lowest BCUT2D eigenvalue weighted by atomic mass is 10.1. The molecular formula is C26H23FN2O. The van der Waals surface area contributed by atoms with Gasteiger partial charge in [0.1, 0.15) is 5.82 Å². The van der Waals surface area contributed by atoms with Crippen molar-refractivity contribution in [2.75, 3.05) is 4.90 Å². The molecule has 150 valence electrons. The van der Waals surface area contributed by atoms with Crippen LogP contribution >= 0.6 is 0 Å². The number of fused-ring (bicyclic) bond motifs is 2. The Bertz CT molecular complexity index is 1230. The topological polar surface area (TPSA) is 25.2 Å². The van der Waals surface area contributed by atoms with Crippen molar-refractivity contribution in [3.8, 4) is 0 Å². The number of para-hydroxylation sites is 2. The molecule has 0 unspecified atom stereocenters. The van der Waals surface area contributed by atoms with Crippen LogP contribution in [0.3, 0.4) is 0 Å². The molecule has 1 amide bonds. The van der Waals surface area contributed by atoms with E-state index < -0.39 is 0 Å². The van der Waals surface area contributed by atoms with Crippen LogP contribution in [-0.2, 0) is 24.2 Å². The van der Waals surface area contributed by atoms with Gasteiger partial charge in [-0.1, -0.05) is 48.5 Å². The number of hydrogen-bond acceptors (Lipinski definition) is 1. The van der Waals surface area contributed by atoms with Gasteiger partial charge in [-0.15, -0.1) is 0 Å². The van der Waals surface area contributed by atoms with Gasteiger partial charge < -0.3 is 9.47 Å². The predicted octanol–water partition coefficient (Wildman–Crippen LogP) is 5.35. The van der Waals surface area contributed by atoms with Gasteiger partial charge in [-0.05, 0) is 54.3 Å².